The maximum Gasteiger partial charge on any atom is 0.262 e. The van der Waals surface area contributed by atoms with Gasteiger partial charge in [-0.15, -0.1) is 11.3 Å². The van der Waals surface area contributed by atoms with E-state index in [2.05, 4.69) is 4.98 Å². The summed E-state index contributed by atoms with van der Waals surface area (Å²) >= 11 is 1.30. The maximum atomic E-state index is 13.4. The first-order chi connectivity index (χ1) is 13.4. The highest BCUT2D eigenvalue weighted by molar-refractivity contribution is 7.89. The maximum absolute atomic E-state index is 13.4. The quantitative estimate of drug-likeness (QED) is 0.644. The van der Waals surface area contributed by atoms with E-state index in [1.54, 1.807) is 12.1 Å². The normalized spacial score (nSPS) is 15.6. The molecule has 0 amide bonds. The van der Waals surface area contributed by atoms with E-state index in [0.717, 1.165) is 11.1 Å². The molecular formula is C20H19FN2O3S2. The van der Waals surface area contributed by atoms with Gasteiger partial charge < -0.3 is 4.74 Å². The number of thiazole rings is 1. The summed E-state index contributed by atoms with van der Waals surface area (Å²) in [6.07, 6.45) is 0. The van der Waals surface area contributed by atoms with Crippen LogP contribution >= 0.6 is 11.3 Å². The highest BCUT2D eigenvalue weighted by Gasteiger charge is 2.32. The molecule has 0 N–H and O–H groups in total. The van der Waals surface area contributed by atoms with Gasteiger partial charge in [0.05, 0.1) is 18.1 Å². The Morgan fingerprint density at radius 1 is 1.00 bits per heavy atom. The third-order valence-corrected chi connectivity index (χ3v) is 7.67. The van der Waals surface area contributed by atoms with Crippen molar-refractivity contribution in [3.05, 3.63) is 59.9 Å². The summed E-state index contributed by atoms with van der Waals surface area (Å²) in [4.78, 5) is 5.03. The third kappa shape index (κ3) is 3.73. The van der Waals surface area contributed by atoms with Crippen LogP contribution in [0.2, 0.25) is 0 Å². The second-order valence-corrected chi connectivity index (χ2v) is 9.39. The molecule has 0 spiro atoms. The Morgan fingerprint density at radius 2 is 1.61 bits per heavy atom. The molecule has 1 aromatic heterocycles. The van der Waals surface area contributed by atoms with E-state index in [-0.39, 0.29) is 10.8 Å². The standard InChI is InChI=1S/C20H19FN2O3S2/c1-14-2-4-16(5-3-14)19-22-20(28(24,25)23-10-12-26-13-11-23)18(27-19)15-6-8-17(21)9-7-15/h2-9H,10-13H2,1H3. The molecule has 1 aliphatic rings. The molecule has 0 atom stereocenters. The SMILES string of the molecule is Cc1ccc(-c2nc(S(=O)(=O)N3CCOCC3)c(-c3ccc(F)cc3)s2)cc1. The van der Waals surface area contributed by atoms with Gasteiger partial charge in [-0.1, -0.05) is 42.0 Å². The smallest absolute Gasteiger partial charge is 0.262 e. The van der Waals surface area contributed by atoms with Gasteiger partial charge in [0, 0.05) is 18.7 Å². The predicted molar refractivity (Wildman–Crippen MR) is 107 cm³/mol. The van der Waals surface area contributed by atoms with E-state index < -0.39 is 10.0 Å². The lowest BCUT2D eigenvalue weighted by Gasteiger charge is -2.25. The predicted octanol–water partition coefficient (Wildman–Crippen LogP) is 3.95. The van der Waals surface area contributed by atoms with Gasteiger partial charge in [-0.3, -0.25) is 0 Å². The van der Waals surface area contributed by atoms with Crippen molar-refractivity contribution in [1.82, 2.24) is 9.29 Å². The summed E-state index contributed by atoms with van der Waals surface area (Å²) in [5, 5.41) is 0.632. The molecular weight excluding hydrogens is 399 g/mol. The molecule has 1 saturated heterocycles. The first-order valence-electron chi connectivity index (χ1n) is 8.87. The fourth-order valence-electron chi connectivity index (χ4n) is 2.99. The minimum atomic E-state index is -3.79. The number of nitrogens with zero attached hydrogens (tertiary/aromatic N) is 2. The Hall–Kier alpha value is -2.13. The topological polar surface area (TPSA) is 59.5 Å². The molecule has 3 aromatic rings. The van der Waals surface area contributed by atoms with E-state index in [1.165, 1.54) is 27.8 Å². The van der Waals surface area contributed by atoms with Crippen LogP contribution < -0.4 is 0 Å². The fraction of sp³-hybridized carbons (Fsp3) is 0.250. The van der Waals surface area contributed by atoms with Gasteiger partial charge in [-0.25, -0.2) is 17.8 Å². The minimum absolute atomic E-state index is 0.0154. The molecule has 0 radical (unpaired) electrons. The molecule has 0 saturated carbocycles. The zero-order valence-corrected chi connectivity index (χ0v) is 16.9. The van der Waals surface area contributed by atoms with Gasteiger partial charge in [0.15, 0.2) is 5.03 Å². The summed E-state index contributed by atoms with van der Waals surface area (Å²) in [6.45, 7) is 3.30. The van der Waals surface area contributed by atoms with E-state index in [9.17, 15) is 12.8 Å². The van der Waals surface area contributed by atoms with Gasteiger partial charge in [0.2, 0.25) is 0 Å². The summed E-state index contributed by atoms with van der Waals surface area (Å²) in [5.41, 5.74) is 2.59. The Morgan fingerprint density at radius 3 is 2.25 bits per heavy atom. The van der Waals surface area contributed by atoms with Crippen molar-refractivity contribution < 1.29 is 17.5 Å². The molecule has 8 heteroatoms. The molecule has 0 unspecified atom stereocenters. The Bertz CT molecular complexity index is 1070. The van der Waals surface area contributed by atoms with Crippen LogP contribution in [0.25, 0.3) is 21.0 Å². The van der Waals surface area contributed by atoms with Gasteiger partial charge in [-0.05, 0) is 24.6 Å². The number of benzene rings is 2. The summed E-state index contributed by atoms with van der Waals surface area (Å²) in [5.74, 6) is -0.371. The monoisotopic (exact) mass is 418 g/mol. The lowest BCUT2D eigenvalue weighted by molar-refractivity contribution is 0.0729. The van der Waals surface area contributed by atoms with Crippen LogP contribution in [0.4, 0.5) is 4.39 Å². The van der Waals surface area contributed by atoms with E-state index in [4.69, 9.17) is 4.74 Å². The van der Waals surface area contributed by atoms with Crippen molar-refractivity contribution in [3.8, 4) is 21.0 Å². The van der Waals surface area contributed by atoms with Gasteiger partial charge in [-0.2, -0.15) is 4.31 Å². The summed E-state index contributed by atoms with van der Waals surface area (Å²) in [7, 11) is -3.79. The molecule has 0 aliphatic carbocycles. The molecule has 2 aromatic carbocycles. The molecule has 1 fully saturated rings. The number of aryl methyl sites for hydroxylation is 1. The first kappa shape index (κ1) is 19.2. The minimum Gasteiger partial charge on any atom is -0.379 e. The largest absolute Gasteiger partial charge is 0.379 e. The molecule has 146 valence electrons. The van der Waals surface area contributed by atoms with E-state index >= 15 is 0 Å². The van der Waals surface area contributed by atoms with Crippen LogP contribution in [0.5, 0.6) is 0 Å². The van der Waals surface area contributed by atoms with Crippen LogP contribution in [-0.4, -0.2) is 44.0 Å². The number of hydrogen-bond donors (Lipinski definition) is 0. The number of rotatable bonds is 4. The lowest BCUT2D eigenvalue weighted by Crippen LogP contribution is -2.40. The van der Waals surface area contributed by atoms with Gasteiger partial charge in [0.25, 0.3) is 10.0 Å². The average Bonchev–Trinajstić information content (AvgIpc) is 3.16. The zero-order chi connectivity index (χ0) is 19.7. The van der Waals surface area contributed by atoms with Crippen LogP contribution in [0.15, 0.2) is 53.6 Å². The number of hydrogen-bond acceptors (Lipinski definition) is 5. The number of halogens is 1. The summed E-state index contributed by atoms with van der Waals surface area (Å²) < 4.78 is 46.6. The second-order valence-electron chi connectivity index (χ2n) is 6.54. The molecule has 0 bridgehead atoms. The highest BCUT2D eigenvalue weighted by Crippen LogP contribution is 2.39. The van der Waals surface area contributed by atoms with Gasteiger partial charge >= 0.3 is 0 Å². The number of morpholine rings is 1. The van der Waals surface area contributed by atoms with Gasteiger partial charge in [0.1, 0.15) is 10.8 Å². The molecule has 1 aliphatic heterocycles. The Labute approximate surface area is 167 Å². The van der Waals surface area contributed by atoms with Crippen LogP contribution in [0, 0.1) is 12.7 Å². The van der Waals surface area contributed by atoms with E-state index in [0.29, 0.717) is 41.8 Å². The molecule has 5 nitrogen and oxygen atoms in total. The third-order valence-electron chi connectivity index (χ3n) is 4.56. The van der Waals surface area contributed by atoms with Crippen molar-refractivity contribution in [1.29, 1.82) is 0 Å². The number of aromatic nitrogens is 1. The van der Waals surface area contributed by atoms with Crippen molar-refractivity contribution in [2.75, 3.05) is 26.3 Å². The van der Waals surface area contributed by atoms with Crippen molar-refractivity contribution in [2.24, 2.45) is 0 Å². The number of sulfonamides is 1. The van der Waals surface area contributed by atoms with Crippen LogP contribution in [-0.2, 0) is 14.8 Å². The summed E-state index contributed by atoms with van der Waals surface area (Å²) in [6, 6.07) is 13.6. The molecule has 28 heavy (non-hydrogen) atoms. The zero-order valence-electron chi connectivity index (χ0n) is 15.3. The van der Waals surface area contributed by atoms with E-state index in [1.807, 2.05) is 31.2 Å². The molecule has 2 heterocycles. The average molecular weight is 419 g/mol. The first-order valence-corrected chi connectivity index (χ1v) is 11.1. The Balaban J connectivity index is 1.85. The fourth-order valence-corrected chi connectivity index (χ4v) is 5.90. The number of ether oxygens (including phenoxy) is 1. The highest BCUT2D eigenvalue weighted by atomic mass is 32.2. The van der Waals surface area contributed by atoms with Crippen molar-refractivity contribution >= 4 is 21.4 Å². The second kappa shape index (κ2) is 7.71. The Kier molecular flexibility index (Phi) is 5.29. The lowest BCUT2D eigenvalue weighted by atomic mass is 10.2. The molecule has 4 rings (SSSR count). The van der Waals surface area contributed by atoms with Crippen LogP contribution in [0.1, 0.15) is 5.56 Å². The van der Waals surface area contributed by atoms with Crippen molar-refractivity contribution in [3.63, 3.8) is 0 Å². The van der Waals surface area contributed by atoms with Crippen molar-refractivity contribution in [2.45, 2.75) is 11.9 Å². The van der Waals surface area contributed by atoms with Crippen LogP contribution in [0.3, 0.4) is 0 Å².